The predicted octanol–water partition coefficient (Wildman–Crippen LogP) is 2.77. The molecule has 2 saturated heterocycles. The molecule has 1 amide bonds. The van der Waals surface area contributed by atoms with Crippen molar-refractivity contribution in [3.63, 3.8) is 0 Å². The van der Waals surface area contributed by atoms with Crippen molar-refractivity contribution in [3.8, 4) is 0 Å². The Bertz CT molecular complexity index is 614. The molecule has 2 bridgehead atoms. The van der Waals surface area contributed by atoms with Gasteiger partial charge in [0.1, 0.15) is 0 Å². The largest absolute Gasteiger partial charge is 0.469 e. The van der Waals surface area contributed by atoms with Gasteiger partial charge in [-0.1, -0.05) is 19.1 Å². The number of nitrogens with one attached hydrogen (secondary N) is 1. The van der Waals surface area contributed by atoms with Crippen LogP contribution in [0.1, 0.15) is 44.1 Å². The molecule has 130 valence electrons. The van der Waals surface area contributed by atoms with Crippen LogP contribution in [0.3, 0.4) is 0 Å². The number of fused-ring (bicyclic) bond motifs is 2. The van der Waals surface area contributed by atoms with Crippen LogP contribution in [-0.2, 0) is 14.3 Å². The van der Waals surface area contributed by atoms with Crippen molar-refractivity contribution in [2.45, 2.75) is 50.6 Å². The Hall–Kier alpha value is -1.88. The zero-order valence-corrected chi connectivity index (χ0v) is 14.6. The molecule has 4 atom stereocenters. The monoisotopic (exact) mass is 330 g/mol. The number of methoxy groups -OCH3 is 1. The molecule has 5 nitrogen and oxygen atoms in total. The second-order valence-electron chi connectivity index (χ2n) is 6.88. The minimum absolute atomic E-state index is 0.00697. The van der Waals surface area contributed by atoms with E-state index in [0.29, 0.717) is 12.5 Å². The first-order valence-electron chi connectivity index (χ1n) is 8.74. The SMILES string of the molecule is CCC(=O)Nc1ccc(C2CC3CCC(C2C(=O)OC)N3C)cc1. The molecule has 1 aromatic carbocycles. The zero-order chi connectivity index (χ0) is 17.3. The summed E-state index contributed by atoms with van der Waals surface area (Å²) in [5.74, 6) is -0.0370. The quantitative estimate of drug-likeness (QED) is 0.863. The molecule has 2 aliphatic rings. The van der Waals surface area contributed by atoms with Crippen LogP contribution < -0.4 is 5.32 Å². The molecule has 2 aliphatic heterocycles. The van der Waals surface area contributed by atoms with Gasteiger partial charge >= 0.3 is 5.97 Å². The van der Waals surface area contributed by atoms with Crippen molar-refractivity contribution >= 4 is 17.6 Å². The number of carbonyl (C=O) groups excluding carboxylic acids is 2. The number of carbonyl (C=O) groups is 2. The number of piperidine rings is 1. The number of hydrogen-bond acceptors (Lipinski definition) is 4. The van der Waals surface area contributed by atoms with Gasteiger partial charge in [-0.2, -0.15) is 0 Å². The molecule has 0 aromatic heterocycles. The molecule has 4 unspecified atom stereocenters. The Labute approximate surface area is 143 Å². The maximum atomic E-state index is 12.4. The van der Waals surface area contributed by atoms with Crippen molar-refractivity contribution < 1.29 is 14.3 Å². The van der Waals surface area contributed by atoms with Crippen molar-refractivity contribution in [2.75, 3.05) is 19.5 Å². The molecule has 3 rings (SSSR count). The Balaban J connectivity index is 1.83. The van der Waals surface area contributed by atoms with Crippen LogP contribution in [0.25, 0.3) is 0 Å². The fourth-order valence-electron chi connectivity index (χ4n) is 4.33. The molecule has 0 saturated carbocycles. The van der Waals surface area contributed by atoms with Gasteiger partial charge in [0, 0.05) is 30.1 Å². The topological polar surface area (TPSA) is 58.6 Å². The highest BCUT2D eigenvalue weighted by Crippen LogP contribution is 2.46. The Morgan fingerprint density at radius 3 is 2.58 bits per heavy atom. The van der Waals surface area contributed by atoms with E-state index in [1.807, 2.05) is 31.2 Å². The van der Waals surface area contributed by atoms with Crippen LogP contribution in [0, 0.1) is 5.92 Å². The second-order valence-corrected chi connectivity index (χ2v) is 6.88. The van der Waals surface area contributed by atoms with Gasteiger partial charge in [-0.15, -0.1) is 0 Å². The fraction of sp³-hybridized carbons (Fsp3) is 0.579. The predicted molar refractivity (Wildman–Crippen MR) is 92.8 cm³/mol. The summed E-state index contributed by atoms with van der Waals surface area (Å²) in [5, 5.41) is 2.87. The van der Waals surface area contributed by atoms with Gasteiger partial charge in [0.15, 0.2) is 0 Å². The van der Waals surface area contributed by atoms with Crippen LogP contribution in [0.5, 0.6) is 0 Å². The number of esters is 1. The van der Waals surface area contributed by atoms with Crippen molar-refractivity contribution in [1.29, 1.82) is 0 Å². The van der Waals surface area contributed by atoms with Gasteiger partial charge < -0.3 is 10.1 Å². The highest BCUT2D eigenvalue weighted by Gasteiger charge is 2.49. The van der Waals surface area contributed by atoms with E-state index in [0.717, 1.165) is 30.5 Å². The number of rotatable bonds is 4. The van der Waals surface area contributed by atoms with Gasteiger partial charge in [-0.3, -0.25) is 14.5 Å². The van der Waals surface area contributed by atoms with Gasteiger partial charge in [-0.25, -0.2) is 0 Å². The van der Waals surface area contributed by atoms with Crippen LogP contribution in [0.15, 0.2) is 24.3 Å². The normalized spacial score (nSPS) is 29.3. The fourth-order valence-corrected chi connectivity index (χ4v) is 4.33. The average Bonchev–Trinajstić information content (AvgIpc) is 2.84. The van der Waals surface area contributed by atoms with Crippen molar-refractivity contribution in [3.05, 3.63) is 29.8 Å². The van der Waals surface area contributed by atoms with E-state index in [1.54, 1.807) is 0 Å². The van der Waals surface area contributed by atoms with E-state index in [2.05, 4.69) is 17.3 Å². The first-order valence-corrected chi connectivity index (χ1v) is 8.74. The summed E-state index contributed by atoms with van der Waals surface area (Å²) in [6.07, 6.45) is 3.65. The van der Waals surface area contributed by atoms with E-state index >= 15 is 0 Å². The summed E-state index contributed by atoms with van der Waals surface area (Å²) in [5.41, 5.74) is 1.96. The third kappa shape index (κ3) is 3.05. The molecule has 1 N–H and O–H groups in total. The van der Waals surface area contributed by atoms with Crippen molar-refractivity contribution in [1.82, 2.24) is 4.90 Å². The van der Waals surface area contributed by atoms with E-state index in [9.17, 15) is 9.59 Å². The second kappa shape index (κ2) is 6.93. The van der Waals surface area contributed by atoms with Crippen LogP contribution >= 0.6 is 0 Å². The zero-order valence-electron chi connectivity index (χ0n) is 14.6. The first-order chi connectivity index (χ1) is 11.5. The molecule has 1 aromatic rings. The third-order valence-corrected chi connectivity index (χ3v) is 5.69. The summed E-state index contributed by atoms with van der Waals surface area (Å²) >= 11 is 0. The lowest BCUT2D eigenvalue weighted by atomic mass is 9.76. The first kappa shape index (κ1) is 17.0. The highest BCUT2D eigenvalue weighted by atomic mass is 16.5. The summed E-state index contributed by atoms with van der Waals surface area (Å²) < 4.78 is 5.11. The molecule has 2 heterocycles. The van der Waals surface area contributed by atoms with E-state index < -0.39 is 0 Å². The minimum Gasteiger partial charge on any atom is -0.469 e. The lowest BCUT2D eigenvalue weighted by Gasteiger charge is -2.41. The van der Waals surface area contributed by atoms with Gasteiger partial charge in [-0.05, 0) is 44.0 Å². The van der Waals surface area contributed by atoms with E-state index in [4.69, 9.17) is 4.74 Å². The summed E-state index contributed by atoms with van der Waals surface area (Å²) in [7, 11) is 3.60. The highest BCUT2D eigenvalue weighted by molar-refractivity contribution is 5.90. The molecule has 0 radical (unpaired) electrons. The number of ether oxygens (including phenoxy) is 1. The summed E-state index contributed by atoms with van der Waals surface area (Å²) in [6.45, 7) is 1.83. The lowest BCUT2D eigenvalue weighted by molar-refractivity contribution is -0.150. The molecule has 5 heteroatoms. The van der Waals surface area contributed by atoms with Gasteiger partial charge in [0.2, 0.25) is 5.91 Å². The molecule has 0 aliphatic carbocycles. The van der Waals surface area contributed by atoms with Gasteiger partial charge in [0.05, 0.1) is 13.0 Å². The molecule has 24 heavy (non-hydrogen) atoms. The van der Waals surface area contributed by atoms with Crippen LogP contribution in [0.4, 0.5) is 5.69 Å². The molecule has 0 spiro atoms. The standard InChI is InChI=1S/C19H26N2O3/c1-4-17(22)20-13-7-5-12(6-8-13)15-11-14-9-10-16(21(14)2)18(15)19(23)24-3/h5-8,14-16,18H,4,9-11H2,1-3H3,(H,20,22). The third-order valence-electron chi connectivity index (χ3n) is 5.69. The summed E-state index contributed by atoms with van der Waals surface area (Å²) in [6, 6.07) is 8.74. The van der Waals surface area contributed by atoms with Gasteiger partial charge in [0.25, 0.3) is 0 Å². The van der Waals surface area contributed by atoms with E-state index in [-0.39, 0.29) is 29.8 Å². The van der Waals surface area contributed by atoms with E-state index in [1.165, 1.54) is 7.11 Å². The van der Waals surface area contributed by atoms with Crippen molar-refractivity contribution in [2.24, 2.45) is 5.92 Å². The molecular formula is C19H26N2O3. The number of nitrogens with zero attached hydrogens (tertiary/aromatic N) is 1. The lowest BCUT2D eigenvalue weighted by Crippen LogP contribution is -2.49. The van der Waals surface area contributed by atoms with Crippen LogP contribution in [-0.4, -0.2) is 43.0 Å². The summed E-state index contributed by atoms with van der Waals surface area (Å²) in [4.78, 5) is 26.3. The number of hydrogen-bond donors (Lipinski definition) is 1. The maximum Gasteiger partial charge on any atom is 0.310 e. The Morgan fingerprint density at radius 1 is 1.25 bits per heavy atom. The average molecular weight is 330 g/mol. The smallest absolute Gasteiger partial charge is 0.310 e. The minimum atomic E-state index is -0.116. The Kier molecular flexibility index (Phi) is 4.90. The molecular weight excluding hydrogens is 304 g/mol. The maximum absolute atomic E-state index is 12.4. The number of benzene rings is 1. The van der Waals surface area contributed by atoms with Crippen LogP contribution in [0.2, 0.25) is 0 Å². The Morgan fingerprint density at radius 2 is 1.96 bits per heavy atom. The number of amides is 1. The molecule has 2 fully saturated rings. The number of anilines is 1.